The lowest BCUT2D eigenvalue weighted by Crippen LogP contribution is -2.30. The minimum Gasteiger partial charge on any atom is -0.406 e. The van der Waals surface area contributed by atoms with Gasteiger partial charge < -0.3 is 15.8 Å². The molecule has 0 atom stereocenters. The molecular weight excluding hydrogens is 469 g/mol. The van der Waals surface area contributed by atoms with Crippen LogP contribution in [0.2, 0.25) is 0 Å². The van der Waals surface area contributed by atoms with Gasteiger partial charge in [0.2, 0.25) is 0 Å². The van der Waals surface area contributed by atoms with E-state index in [1.807, 2.05) is 13.8 Å². The molecule has 0 radical (unpaired) electrons. The summed E-state index contributed by atoms with van der Waals surface area (Å²) in [4.78, 5) is 23.3. The molecule has 198 valence electrons. The topological polar surface area (TPSA) is 81.4 Å². The van der Waals surface area contributed by atoms with E-state index in [2.05, 4.69) is 49.6 Å². The molecule has 0 spiro atoms. The fraction of sp³-hybridized carbons (Fsp3) is 0.357. The average Bonchev–Trinajstić information content (AvgIpc) is 2.81. The van der Waals surface area contributed by atoms with Crippen molar-refractivity contribution in [2.75, 3.05) is 0 Å². The number of hydrogen-bond acceptors (Lipinski definition) is 3. The summed E-state index contributed by atoms with van der Waals surface area (Å²) in [5, 5.41) is 2.30. The normalized spacial score (nSPS) is 10.5. The molecule has 0 heterocycles. The minimum atomic E-state index is -4.77. The van der Waals surface area contributed by atoms with Crippen molar-refractivity contribution >= 4 is 11.8 Å². The number of carbonyl (C=O) groups excluding carboxylic acids is 2. The van der Waals surface area contributed by atoms with Crippen LogP contribution in [0.15, 0.2) is 60.8 Å². The van der Waals surface area contributed by atoms with Gasteiger partial charge in [-0.25, -0.2) is 0 Å². The summed E-state index contributed by atoms with van der Waals surface area (Å²) in [5.41, 5.74) is 7.97. The number of amides is 2. The van der Waals surface area contributed by atoms with E-state index < -0.39 is 18.2 Å². The van der Waals surface area contributed by atoms with Crippen molar-refractivity contribution in [2.45, 2.75) is 67.2 Å². The number of nitrogens with one attached hydrogen (secondary N) is 1. The molecule has 8 heteroatoms. The fourth-order valence-corrected chi connectivity index (χ4v) is 2.63. The molecule has 0 bridgehead atoms. The molecule has 0 fully saturated rings. The predicted molar refractivity (Wildman–Crippen MR) is 140 cm³/mol. The Balaban J connectivity index is 0.00000117. The average molecular weight is 507 g/mol. The highest BCUT2D eigenvalue weighted by Crippen LogP contribution is 2.30. The molecule has 3 N–H and O–H groups in total. The van der Waals surface area contributed by atoms with Crippen molar-refractivity contribution in [1.29, 1.82) is 0 Å². The monoisotopic (exact) mass is 506 g/mol. The Bertz CT molecular complexity index is 1030. The maximum Gasteiger partial charge on any atom is 0.573 e. The first kappa shape index (κ1) is 32.5. The molecule has 2 aromatic rings. The van der Waals surface area contributed by atoms with Gasteiger partial charge in [0.25, 0.3) is 11.8 Å². The van der Waals surface area contributed by atoms with Crippen LogP contribution in [0.4, 0.5) is 13.2 Å². The number of nitrogens with two attached hydrogens (primary N) is 1. The number of hydrogen-bond donors (Lipinski definition) is 2. The third-order valence-electron chi connectivity index (χ3n) is 4.86. The quantitative estimate of drug-likeness (QED) is 0.304. The number of rotatable bonds is 7. The SMILES string of the molecule is C/C=C/CC.C=C(NC(=O)c1cc(C)c(C)c(-c2ccc(OC(F)(F)F)cc2)c1)C(N)=O.CCCC. The largest absolute Gasteiger partial charge is 0.573 e. The van der Waals surface area contributed by atoms with Crippen molar-refractivity contribution in [1.82, 2.24) is 5.32 Å². The van der Waals surface area contributed by atoms with Crippen LogP contribution in [0, 0.1) is 13.8 Å². The van der Waals surface area contributed by atoms with Crippen molar-refractivity contribution < 1.29 is 27.5 Å². The number of benzene rings is 2. The van der Waals surface area contributed by atoms with E-state index in [9.17, 15) is 22.8 Å². The molecule has 2 amide bonds. The number of aryl methyl sites for hydroxylation is 1. The molecule has 5 nitrogen and oxygen atoms in total. The van der Waals surface area contributed by atoms with Crippen LogP contribution in [0.3, 0.4) is 0 Å². The number of alkyl halides is 3. The van der Waals surface area contributed by atoms with Gasteiger partial charge in [-0.05, 0) is 73.7 Å². The molecule has 0 saturated heterocycles. The van der Waals surface area contributed by atoms with Gasteiger partial charge in [-0.1, -0.05) is 64.5 Å². The lowest BCUT2D eigenvalue weighted by molar-refractivity contribution is -0.274. The van der Waals surface area contributed by atoms with Crippen molar-refractivity contribution in [3.63, 3.8) is 0 Å². The predicted octanol–water partition coefficient (Wildman–Crippen LogP) is 7.38. The van der Waals surface area contributed by atoms with Crippen LogP contribution < -0.4 is 15.8 Å². The van der Waals surface area contributed by atoms with E-state index >= 15 is 0 Å². The minimum absolute atomic E-state index is 0.242. The first-order valence-electron chi connectivity index (χ1n) is 11.7. The maximum absolute atomic E-state index is 12.3. The molecule has 36 heavy (non-hydrogen) atoms. The molecule has 0 aromatic heterocycles. The number of halogens is 3. The van der Waals surface area contributed by atoms with E-state index in [0.717, 1.165) is 17.5 Å². The van der Waals surface area contributed by atoms with E-state index in [4.69, 9.17) is 5.73 Å². The maximum atomic E-state index is 12.3. The Morgan fingerprint density at radius 2 is 1.61 bits per heavy atom. The van der Waals surface area contributed by atoms with Crippen LogP contribution in [-0.4, -0.2) is 18.2 Å². The standard InChI is InChI=1S/C19H17F3N2O3.C5H10.C4H10/c1-10-8-14(18(26)24-12(3)17(23)25)9-16(11(10)2)13-4-6-15(7-5-13)27-19(20,21)22;1-3-5-4-2;1-3-4-2/h4-9H,3H2,1-2H3,(H2,23,25)(H,24,26);3,5H,4H2,1-2H3;3-4H2,1-2H3/b;5-3+;. The van der Waals surface area contributed by atoms with Gasteiger partial charge in [0.05, 0.1) is 5.70 Å². The van der Waals surface area contributed by atoms with E-state index in [1.54, 1.807) is 19.1 Å². The first-order chi connectivity index (χ1) is 16.8. The highest BCUT2D eigenvalue weighted by molar-refractivity contribution is 6.02. The van der Waals surface area contributed by atoms with Gasteiger partial charge in [0, 0.05) is 5.56 Å². The number of unbranched alkanes of at least 4 members (excludes halogenated alkanes) is 1. The Labute approximate surface area is 212 Å². The molecule has 0 unspecified atom stereocenters. The molecule has 2 aromatic carbocycles. The van der Waals surface area contributed by atoms with Gasteiger partial charge in [-0.15, -0.1) is 13.2 Å². The summed E-state index contributed by atoms with van der Waals surface area (Å²) in [7, 11) is 0. The lowest BCUT2D eigenvalue weighted by Gasteiger charge is -2.14. The smallest absolute Gasteiger partial charge is 0.406 e. The highest BCUT2D eigenvalue weighted by Gasteiger charge is 2.31. The van der Waals surface area contributed by atoms with Crippen molar-refractivity contribution in [3.05, 3.63) is 77.5 Å². The van der Waals surface area contributed by atoms with Gasteiger partial charge in [-0.3, -0.25) is 9.59 Å². The van der Waals surface area contributed by atoms with Crippen LogP contribution >= 0.6 is 0 Å². The third kappa shape index (κ3) is 12.2. The van der Waals surface area contributed by atoms with E-state index in [-0.39, 0.29) is 17.0 Å². The Kier molecular flexibility index (Phi) is 14.6. The third-order valence-corrected chi connectivity index (χ3v) is 4.86. The fourth-order valence-electron chi connectivity index (χ4n) is 2.63. The molecule has 0 aliphatic heterocycles. The summed E-state index contributed by atoms with van der Waals surface area (Å²) >= 11 is 0. The van der Waals surface area contributed by atoms with Gasteiger partial charge in [0.1, 0.15) is 5.75 Å². The van der Waals surface area contributed by atoms with Crippen LogP contribution in [-0.2, 0) is 4.79 Å². The van der Waals surface area contributed by atoms with Gasteiger partial charge >= 0.3 is 6.36 Å². The van der Waals surface area contributed by atoms with Crippen LogP contribution in [0.5, 0.6) is 5.75 Å². The highest BCUT2D eigenvalue weighted by atomic mass is 19.4. The summed E-state index contributed by atoms with van der Waals surface area (Å²) < 4.78 is 40.7. The zero-order valence-electron chi connectivity index (χ0n) is 21.9. The molecule has 0 saturated carbocycles. The van der Waals surface area contributed by atoms with Crippen molar-refractivity contribution in [3.8, 4) is 16.9 Å². The number of allylic oxidation sites excluding steroid dienone is 2. The van der Waals surface area contributed by atoms with Gasteiger partial charge in [-0.2, -0.15) is 0 Å². The van der Waals surface area contributed by atoms with Gasteiger partial charge in [0.15, 0.2) is 0 Å². The number of primary amides is 1. The molecule has 2 rings (SSSR count). The Morgan fingerprint density at radius 3 is 2.00 bits per heavy atom. The first-order valence-corrected chi connectivity index (χ1v) is 11.7. The molecule has 0 aliphatic rings. The van der Waals surface area contributed by atoms with E-state index in [0.29, 0.717) is 11.1 Å². The second-order valence-corrected chi connectivity index (χ2v) is 7.81. The van der Waals surface area contributed by atoms with E-state index in [1.165, 1.54) is 37.1 Å². The summed E-state index contributed by atoms with van der Waals surface area (Å²) in [6, 6.07) is 8.52. The number of ether oxygens (including phenoxy) is 1. The summed E-state index contributed by atoms with van der Waals surface area (Å²) in [6.07, 6.45) is 3.21. The molecular formula is C28H37F3N2O3. The molecule has 0 aliphatic carbocycles. The van der Waals surface area contributed by atoms with Crippen molar-refractivity contribution in [2.24, 2.45) is 5.73 Å². The Morgan fingerprint density at radius 1 is 1.06 bits per heavy atom. The zero-order valence-corrected chi connectivity index (χ0v) is 21.9. The second-order valence-electron chi connectivity index (χ2n) is 7.81. The summed E-state index contributed by atoms with van der Waals surface area (Å²) in [5.74, 6) is -1.76. The second kappa shape index (κ2) is 16.2. The summed E-state index contributed by atoms with van der Waals surface area (Å²) in [6.45, 7) is 15.5. The lowest BCUT2D eigenvalue weighted by atomic mass is 9.94. The number of carbonyl (C=O) groups is 2. The van der Waals surface area contributed by atoms with Crippen LogP contribution in [0.1, 0.15) is 68.4 Å². The Hall–Kier alpha value is -3.55. The van der Waals surface area contributed by atoms with Crippen LogP contribution in [0.25, 0.3) is 11.1 Å². The zero-order chi connectivity index (χ0) is 27.9.